The van der Waals surface area contributed by atoms with Gasteiger partial charge in [-0.05, 0) is 37.1 Å². The summed E-state index contributed by atoms with van der Waals surface area (Å²) in [6, 6.07) is 5.42. The fourth-order valence-electron chi connectivity index (χ4n) is 2.34. The third kappa shape index (κ3) is 3.41. The lowest BCUT2D eigenvalue weighted by Crippen LogP contribution is -2.26. The van der Waals surface area contributed by atoms with Crippen LogP contribution in [0.2, 0.25) is 0 Å². The minimum Gasteiger partial charge on any atom is -0.368 e. The van der Waals surface area contributed by atoms with Crippen LogP contribution < -0.4 is 11.1 Å². The van der Waals surface area contributed by atoms with Gasteiger partial charge in [-0.2, -0.15) is 0 Å². The van der Waals surface area contributed by atoms with Gasteiger partial charge < -0.3 is 11.1 Å². The zero-order chi connectivity index (χ0) is 17.1. The Bertz CT molecular complexity index is 846. The smallest absolute Gasteiger partial charge is 0.251 e. The maximum Gasteiger partial charge on any atom is 0.251 e. The summed E-state index contributed by atoms with van der Waals surface area (Å²) < 4.78 is 0. The van der Waals surface area contributed by atoms with Gasteiger partial charge in [-0.1, -0.05) is 6.07 Å². The van der Waals surface area contributed by atoms with Crippen molar-refractivity contribution < 1.29 is 4.79 Å². The molecule has 1 unspecified atom stereocenters. The average molecular weight is 339 g/mol. The number of nitrogens with two attached hydrogens (primary N) is 1. The molecule has 0 fully saturated rings. The fraction of sp³-hybridized carbons (Fsp3) is 0.176. The van der Waals surface area contributed by atoms with Gasteiger partial charge in [0.15, 0.2) is 0 Å². The number of benzene rings is 1. The molecule has 24 heavy (non-hydrogen) atoms. The molecule has 1 aromatic carbocycles. The Labute approximate surface area is 143 Å². The van der Waals surface area contributed by atoms with E-state index in [-0.39, 0.29) is 17.9 Å². The van der Waals surface area contributed by atoms with Crippen molar-refractivity contribution in [1.29, 1.82) is 0 Å². The van der Waals surface area contributed by atoms with Crippen LogP contribution in [-0.2, 0) is 0 Å². The van der Waals surface area contributed by atoms with Crippen LogP contribution in [0.4, 0.5) is 5.95 Å². The predicted molar refractivity (Wildman–Crippen MR) is 94.6 cm³/mol. The third-order valence-electron chi connectivity index (χ3n) is 3.65. The summed E-state index contributed by atoms with van der Waals surface area (Å²) in [5, 5.41) is 5.73. The Hall–Kier alpha value is -2.80. The molecule has 3 rings (SSSR count). The summed E-state index contributed by atoms with van der Waals surface area (Å²) >= 11 is 1.52. The molecule has 0 aliphatic heterocycles. The monoisotopic (exact) mass is 339 g/mol. The molecule has 7 heteroatoms. The van der Waals surface area contributed by atoms with Gasteiger partial charge in [0.05, 0.1) is 6.04 Å². The summed E-state index contributed by atoms with van der Waals surface area (Å²) in [5.41, 5.74) is 8.88. The number of nitrogens with zero attached hydrogens (tertiary/aromatic N) is 3. The number of carbonyl (C=O) groups is 1. The van der Waals surface area contributed by atoms with Crippen molar-refractivity contribution in [2.24, 2.45) is 0 Å². The second-order valence-electron chi connectivity index (χ2n) is 5.43. The summed E-state index contributed by atoms with van der Waals surface area (Å²) in [5.74, 6) is 0.0814. The molecule has 3 aromatic rings. The van der Waals surface area contributed by atoms with Crippen molar-refractivity contribution in [1.82, 2.24) is 20.3 Å². The molecule has 2 heterocycles. The summed E-state index contributed by atoms with van der Waals surface area (Å²) in [6.45, 7) is 3.89. The minimum atomic E-state index is -0.143. The molecule has 0 aliphatic rings. The molecule has 0 spiro atoms. The Morgan fingerprint density at radius 1 is 1.25 bits per heavy atom. The van der Waals surface area contributed by atoms with Crippen molar-refractivity contribution >= 4 is 23.2 Å². The molecule has 0 saturated heterocycles. The van der Waals surface area contributed by atoms with Crippen molar-refractivity contribution in [2.45, 2.75) is 19.9 Å². The molecule has 2 aromatic heterocycles. The topological polar surface area (TPSA) is 93.8 Å². The van der Waals surface area contributed by atoms with E-state index in [9.17, 15) is 4.79 Å². The Kier molecular flexibility index (Phi) is 4.52. The molecule has 122 valence electrons. The number of aryl methyl sites for hydroxylation is 1. The van der Waals surface area contributed by atoms with Gasteiger partial charge >= 0.3 is 0 Å². The first-order valence-electron chi connectivity index (χ1n) is 7.43. The molecule has 0 saturated carbocycles. The number of hydrogen-bond donors (Lipinski definition) is 2. The van der Waals surface area contributed by atoms with E-state index in [1.807, 2.05) is 31.4 Å². The Morgan fingerprint density at radius 3 is 2.67 bits per heavy atom. The van der Waals surface area contributed by atoms with Crippen LogP contribution in [0.3, 0.4) is 0 Å². The van der Waals surface area contributed by atoms with E-state index in [4.69, 9.17) is 5.73 Å². The first-order chi connectivity index (χ1) is 11.5. The van der Waals surface area contributed by atoms with E-state index in [0.29, 0.717) is 5.56 Å². The Morgan fingerprint density at radius 2 is 2.00 bits per heavy atom. The normalized spacial score (nSPS) is 11.9. The van der Waals surface area contributed by atoms with E-state index in [1.165, 1.54) is 11.3 Å². The van der Waals surface area contributed by atoms with E-state index in [1.54, 1.807) is 24.7 Å². The molecule has 6 nitrogen and oxygen atoms in total. The second kappa shape index (κ2) is 6.76. The summed E-state index contributed by atoms with van der Waals surface area (Å²) in [7, 11) is 0. The van der Waals surface area contributed by atoms with Crippen LogP contribution in [0.15, 0.2) is 42.2 Å². The van der Waals surface area contributed by atoms with Gasteiger partial charge in [0.2, 0.25) is 5.95 Å². The fourth-order valence-corrected chi connectivity index (χ4v) is 2.99. The van der Waals surface area contributed by atoms with Gasteiger partial charge in [0, 0.05) is 35.1 Å². The quantitative estimate of drug-likeness (QED) is 0.762. The molecule has 0 aliphatic carbocycles. The first kappa shape index (κ1) is 16.1. The van der Waals surface area contributed by atoms with E-state index in [0.717, 1.165) is 21.7 Å². The van der Waals surface area contributed by atoms with Gasteiger partial charge in [-0.3, -0.25) is 4.79 Å². The number of hydrogen-bond acceptors (Lipinski definition) is 6. The number of rotatable bonds is 4. The standard InChI is InChI=1S/C17H17N5OS/c1-10-3-4-12(7-14(10)13-8-20-17(18)21-9-13)15(23)22-11(2)16-19-5-6-24-16/h3-9,11H,1-2H3,(H,22,23)(H2,18,20,21). The lowest BCUT2D eigenvalue weighted by Gasteiger charge is -2.13. The van der Waals surface area contributed by atoms with Gasteiger partial charge in [-0.25, -0.2) is 15.0 Å². The minimum absolute atomic E-state index is 0.137. The maximum absolute atomic E-state index is 12.5. The van der Waals surface area contributed by atoms with Crippen LogP contribution in [-0.4, -0.2) is 20.9 Å². The van der Waals surface area contributed by atoms with Crippen molar-refractivity contribution in [2.75, 3.05) is 5.73 Å². The van der Waals surface area contributed by atoms with Crippen LogP contribution in [0.5, 0.6) is 0 Å². The molecule has 0 bridgehead atoms. The highest BCUT2D eigenvalue weighted by atomic mass is 32.1. The number of nitrogen functional groups attached to an aromatic ring is 1. The molecule has 3 N–H and O–H groups in total. The summed E-state index contributed by atoms with van der Waals surface area (Å²) in [6.07, 6.45) is 5.04. The number of anilines is 1. The number of thiazole rings is 1. The Balaban J connectivity index is 1.85. The first-order valence-corrected chi connectivity index (χ1v) is 8.31. The van der Waals surface area contributed by atoms with Gasteiger partial charge in [-0.15, -0.1) is 11.3 Å². The average Bonchev–Trinajstić information content (AvgIpc) is 3.11. The lowest BCUT2D eigenvalue weighted by atomic mass is 10.00. The highest BCUT2D eigenvalue weighted by molar-refractivity contribution is 7.09. The van der Waals surface area contributed by atoms with Crippen molar-refractivity contribution in [3.63, 3.8) is 0 Å². The molecule has 1 amide bonds. The van der Waals surface area contributed by atoms with E-state index in [2.05, 4.69) is 20.3 Å². The molecular formula is C17H17N5OS. The third-order valence-corrected chi connectivity index (χ3v) is 4.61. The zero-order valence-corrected chi connectivity index (χ0v) is 14.2. The van der Waals surface area contributed by atoms with Crippen LogP contribution in [0.25, 0.3) is 11.1 Å². The number of amides is 1. The van der Waals surface area contributed by atoms with E-state index >= 15 is 0 Å². The SMILES string of the molecule is Cc1ccc(C(=O)NC(C)c2nccs2)cc1-c1cnc(N)nc1. The van der Waals surface area contributed by atoms with Gasteiger partial charge in [0.25, 0.3) is 5.91 Å². The van der Waals surface area contributed by atoms with E-state index < -0.39 is 0 Å². The number of nitrogens with one attached hydrogen (secondary N) is 1. The molecule has 0 radical (unpaired) electrons. The highest BCUT2D eigenvalue weighted by Crippen LogP contribution is 2.24. The van der Waals surface area contributed by atoms with Crippen LogP contribution >= 0.6 is 11.3 Å². The van der Waals surface area contributed by atoms with Gasteiger partial charge in [0.1, 0.15) is 5.01 Å². The number of aromatic nitrogens is 3. The summed E-state index contributed by atoms with van der Waals surface area (Å²) in [4.78, 5) is 24.8. The highest BCUT2D eigenvalue weighted by Gasteiger charge is 2.15. The number of carbonyl (C=O) groups excluding carboxylic acids is 1. The van der Waals surface area contributed by atoms with Crippen LogP contribution in [0, 0.1) is 6.92 Å². The lowest BCUT2D eigenvalue weighted by molar-refractivity contribution is 0.0940. The van der Waals surface area contributed by atoms with Crippen molar-refractivity contribution in [3.8, 4) is 11.1 Å². The molecular weight excluding hydrogens is 322 g/mol. The second-order valence-corrected chi connectivity index (χ2v) is 6.35. The molecule has 1 atom stereocenters. The van der Waals surface area contributed by atoms with Crippen molar-refractivity contribution in [3.05, 3.63) is 58.3 Å². The predicted octanol–water partition coefficient (Wildman–Crippen LogP) is 2.98. The van der Waals surface area contributed by atoms with Crippen LogP contribution in [0.1, 0.15) is 33.9 Å². The maximum atomic E-state index is 12.5. The largest absolute Gasteiger partial charge is 0.368 e. The zero-order valence-electron chi connectivity index (χ0n) is 13.4.